The van der Waals surface area contributed by atoms with E-state index in [-0.39, 0.29) is 23.5 Å². The zero-order valence-electron chi connectivity index (χ0n) is 25.5. The number of rotatable bonds is 12. The standard InChI is InChI=1S/C36H39FN4O3/c1-4-29(42)13-15-33(25(2)3)41-23-31-30(36(41)43)6-5-7-35(31)44-24-27-10-8-26(9-11-27)22-39-16-18-40(19-17-39)34-14-12-28(21-38)20-32(34)37/h5-12,14,20,33H,2,4,13,15-19,22-24H2,1,3H3. The van der Waals surface area contributed by atoms with Gasteiger partial charge in [-0.1, -0.05) is 49.4 Å². The summed E-state index contributed by atoms with van der Waals surface area (Å²) in [7, 11) is 0. The second-order valence-corrected chi connectivity index (χ2v) is 11.7. The lowest BCUT2D eigenvalue weighted by Gasteiger charge is -2.36. The van der Waals surface area contributed by atoms with Crippen LogP contribution in [0.1, 0.15) is 65.7 Å². The maximum absolute atomic E-state index is 14.5. The number of piperazine rings is 1. The van der Waals surface area contributed by atoms with Gasteiger partial charge in [-0.05, 0) is 54.8 Å². The number of nitrogens with zero attached hydrogens (tertiary/aromatic N) is 4. The van der Waals surface area contributed by atoms with Gasteiger partial charge in [0.2, 0.25) is 0 Å². The number of halogens is 1. The molecule has 7 nitrogen and oxygen atoms in total. The SMILES string of the molecule is C=C(C)C(CCC(=O)CC)N1Cc2c(OCc3ccc(CN4CCN(c5ccc(C#N)cc5F)CC4)cc3)cccc2C1=O. The molecule has 8 heteroatoms. The van der Waals surface area contributed by atoms with Crippen molar-refractivity contribution in [3.05, 3.63) is 106 Å². The van der Waals surface area contributed by atoms with Crippen LogP contribution in [0.25, 0.3) is 0 Å². The minimum atomic E-state index is -0.351. The molecule has 228 valence electrons. The average molecular weight is 595 g/mol. The van der Waals surface area contributed by atoms with Gasteiger partial charge in [-0.2, -0.15) is 5.26 Å². The normalized spacial score (nSPS) is 15.5. The summed E-state index contributed by atoms with van der Waals surface area (Å²) in [4.78, 5) is 31.5. The number of carbonyl (C=O) groups excluding carboxylic acids is 2. The fourth-order valence-corrected chi connectivity index (χ4v) is 6.00. The third-order valence-electron chi connectivity index (χ3n) is 8.60. The summed E-state index contributed by atoms with van der Waals surface area (Å²) in [5, 5.41) is 8.99. The molecule has 3 aromatic carbocycles. The molecule has 1 unspecified atom stereocenters. The lowest BCUT2D eigenvalue weighted by atomic mass is 10.0. The van der Waals surface area contributed by atoms with E-state index in [4.69, 9.17) is 10.00 Å². The molecule has 0 aliphatic carbocycles. The Morgan fingerprint density at radius 1 is 1.07 bits per heavy atom. The van der Waals surface area contributed by atoms with E-state index in [0.29, 0.717) is 55.0 Å². The van der Waals surface area contributed by atoms with Crippen molar-refractivity contribution in [2.75, 3.05) is 31.1 Å². The first-order valence-corrected chi connectivity index (χ1v) is 15.2. The number of ketones is 1. The van der Waals surface area contributed by atoms with E-state index < -0.39 is 0 Å². The van der Waals surface area contributed by atoms with Crippen molar-refractivity contribution in [1.29, 1.82) is 5.26 Å². The van der Waals surface area contributed by atoms with Gasteiger partial charge in [0.1, 0.15) is 24.0 Å². The number of anilines is 1. The minimum absolute atomic E-state index is 0.0466. The van der Waals surface area contributed by atoms with Crippen LogP contribution in [0.3, 0.4) is 0 Å². The summed E-state index contributed by atoms with van der Waals surface area (Å²) in [5.74, 6) is 0.490. The Labute approximate surface area is 259 Å². The summed E-state index contributed by atoms with van der Waals surface area (Å²) in [5.41, 5.74) is 5.51. The van der Waals surface area contributed by atoms with E-state index in [9.17, 15) is 14.0 Å². The summed E-state index contributed by atoms with van der Waals surface area (Å²) in [6.45, 7) is 12.6. The van der Waals surface area contributed by atoms with Crippen molar-refractivity contribution in [3.63, 3.8) is 0 Å². The molecule has 1 amide bonds. The van der Waals surface area contributed by atoms with Gasteiger partial charge in [-0.25, -0.2) is 4.39 Å². The number of hydrogen-bond donors (Lipinski definition) is 0. The fraction of sp³-hybridized carbons (Fsp3) is 0.361. The molecule has 1 saturated heterocycles. The van der Waals surface area contributed by atoms with Crippen LogP contribution in [0, 0.1) is 17.1 Å². The quantitative estimate of drug-likeness (QED) is 0.231. The number of nitriles is 1. The summed E-state index contributed by atoms with van der Waals surface area (Å²) < 4.78 is 20.7. The average Bonchev–Trinajstić information content (AvgIpc) is 3.37. The first-order valence-electron chi connectivity index (χ1n) is 15.2. The maximum atomic E-state index is 14.5. The van der Waals surface area contributed by atoms with Crippen LogP contribution in [0.15, 0.2) is 72.8 Å². The Morgan fingerprint density at radius 2 is 1.80 bits per heavy atom. The van der Waals surface area contributed by atoms with Crippen LogP contribution in [0.2, 0.25) is 0 Å². The first kappa shape index (κ1) is 31.0. The summed E-state index contributed by atoms with van der Waals surface area (Å²) >= 11 is 0. The van der Waals surface area contributed by atoms with Gasteiger partial charge in [0.25, 0.3) is 5.91 Å². The van der Waals surface area contributed by atoms with Gasteiger partial charge < -0.3 is 14.5 Å². The van der Waals surface area contributed by atoms with E-state index in [1.807, 2.05) is 47.9 Å². The largest absolute Gasteiger partial charge is 0.489 e. The van der Waals surface area contributed by atoms with Crippen molar-refractivity contribution in [2.24, 2.45) is 0 Å². The van der Waals surface area contributed by atoms with Crippen molar-refractivity contribution < 1.29 is 18.7 Å². The number of benzene rings is 3. The molecule has 1 fully saturated rings. The monoisotopic (exact) mass is 594 g/mol. The Hall–Kier alpha value is -4.48. The smallest absolute Gasteiger partial charge is 0.255 e. The number of Topliss-reactive ketones (excluding diaryl/α,β-unsaturated/α-hetero) is 1. The number of carbonyl (C=O) groups is 2. The number of ether oxygens (including phenoxy) is 1. The topological polar surface area (TPSA) is 76.9 Å². The number of fused-ring (bicyclic) bond motifs is 1. The highest BCUT2D eigenvalue weighted by atomic mass is 19.1. The van der Waals surface area contributed by atoms with Crippen LogP contribution < -0.4 is 9.64 Å². The highest BCUT2D eigenvalue weighted by molar-refractivity contribution is 5.99. The van der Waals surface area contributed by atoms with Gasteiger partial charge in [0, 0.05) is 56.7 Å². The lowest BCUT2D eigenvalue weighted by Crippen LogP contribution is -2.46. The molecular formula is C36H39FN4O3. The summed E-state index contributed by atoms with van der Waals surface area (Å²) in [6, 6.07) is 20.4. The first-order chi connectivity index (χ1) is 21.3. The number of amides is 1. The molecule has 0 spiro atoms. The van der Waals surface area contributed by atoms with Gasteiger partial charge in [0.15, 0.2) is 0 Å². The Morgan fingerprint density at radius 3 is 2.45 bits per heavy atom. The van der Waals surface area contributed by atoms with Gasteiger partial charge in [0.05, 0.1) is 29.9 Å². The van der Waals surface area contributed by atoms with Crippen LogP contribution in [0.4, 0.5) is 10.1 Å². The van der Waals surface area contributed by atoms with Crippen LogP contribution in [-0.2, 0) is 24.5 Å². The Bertz CT molecular complexity index is 1570. The van der Waals surface area contributed by atoms with E-state index in [1.165, 1.54) is 11.6 Å². The van der Waals surface area contributed by atoms with Crippen LogP contribution >= 0.6 is 0 Å². The maximum Gasteiger partial charge on any atom is 0.255 e. The second kappa shape index (κ2) is 13.9. The van der Waals surface area contributed by atoms with E-state index in [1.54, 1.807) is 12.1 Å². The fourth-order valence-electron chi connectivity index (χ4n) is 6.00. The van der Waals surface area contributed by atoms with E-state index in [2.05, 4.69) is 35.7 Å². The third kappa shape index (κ3) is 7.00. The summed E-state index contributed by atoms with van der Waals surface area (Å²) in [6.07, 6.45) is 1.51. The molecule has 2 aliphatic heterocycles. The van der Waals surface area contributed by atoms with Crippen molar-refractivity contribution in [3.8, 4) is 11.8 Å². The molecule has 44 heavy (non-hydrogen) atoms. The molecule has 0 bridgehead atoms. The van der Waals surface area contributed by atoms with Crippen molar-refractivity contribution in [1.82, 2.24) is 9.80 Å². The molecule has 3 aromatic rings. The van der Waals surface area contributed by atoms with Gasteiger partial charge in [-0.3, -0.25) is 14.5 Å². The van der Waals surface area contributed by atoms with Crippen molar-refractivity contribution in [2.45, 2.75) is 58.8 Å². The predicted molar refractivity (Wildman–Crippen MR) is 169 cm³/mol. The molecule has 0 saturated carbocycles. The van der Waals surface area contributed by atoms with E-state index >= 15 is 0 Å². The highest BCUT2D eigenvalue weighted by Gasteiger charge is 2.35. The lowest BCUT2D eigenvalue weighted by molar-refractivity contribution is -0.119. The third-order valence-corrected chi connectivity index (χ3v) is 8.60. The van der Waals surface area contributed by atoms with Gasteiger partial charge in [-0.15, -0.1) is 0 Å². The molecule has 0 N–H and O–H groups in total. The Balaban J connectivity index is 1.15. The van der Waals surface area contributed by atoms with E-state index in [0.717, 1.165) is 49.4 Å². The van der Waals surface area contributed by atoms with Crippen molar-refractivity contribution >= 4 is 17.4 Å². The second-order valence-electron chi connectivity index (χ2n) is 11.7. The highest BCUT2D eigenvalue weighted by Crippen LogP contribution is 2.35. The van der Waals surface area contributed by atoms with Gasteiger partial charge >= 0.3 is 0 Å². The minimum Gasteiger partial charge on any atom is -0.489 e. The number of hydrogen-bond acceptors (Lipinski definition) is 6. The molecule has 2 heterocycles. The molecule has 5 rings (SSSR count). The van der Waals surface area contributed by atoms with Crippen LogP contribution in [-0.4, -0.2) is 53.7 Å². The zero-order valence-corrected chi connectivity index (χ0v) is 25.5. The predicted octanol–water partition coefficient (Wildman–Crippen LogP) is 6.26. The Kier molecular flexibility index (Phi) is 9.76. The van der Waals surface area contributed by atoms with Crippen LogP contribution in [0.5, 0.6) is 5.75 Å². The molecular weight excluding hydrogens is 555 g/mol. The molecule has 0 radical (unpaired) electrons. The molecule has 1 atom stereocenters. The zero-order chi connectivity index (χ0) is 31.2. The molecule has 0 aromatic heterocycles. The molecule has 2 aliphatic rings.